The zero-order valence-corrected chi connectivity index (χ0v) is 34.9. The van der Waals surface area contributed by atoms with Crippen LogP contribution in [0.5, 0.6) is 23.0 Å². The van der Waals surface area contributed by atoms with Gasteiger partial charge < -0.3 is 25.3 Å². The Bertz CT molecular complexity index is 3490. The van der Waals surface area contributed by atoms with Crippen molar-refractivity contribution in [2.75, 3.05) is 4.90 Å². The summed E-state index contributed by atoms with van der Waals surface area (Å²) in [6.07, 6.45) is 0. The SMILES string of the molecule is CC1=C(c2c(O)cc3c(c2O)C(C)(C)c2ccccc2N3c2cccc3ccccc23)C(=O)/C1=c1\c(O)cc2c(c1O)C(C)(C)c1ccccc1[N+]=2c1cccc2ccccc12. The number of hydrogen-bond donors (Lipinski definition) is 4. The van der Waals surface area contributed by atoms with Crippen LogP contribution < -0.4 is 20.1 Å². The van der Waals surface area contributed by atoms with Gasteiger partial charge in [-0.3, -0.25) is 4.79 Å². The molecule has 7 nitrogen and oxygen atoms in total. The second kappa shape index (κ2) is 12.9. The van der Waals surface area contributed by atoms with E-state index in [1.165, 1.54) is 0 Å². The number of nitrogens with zero attached hydrogens (tertiary/aromatic N) is 2. The molecule has 2 heterocycles. The Morgan fingerprint density at radius 1 is 0.516 bits per heavy atom. The first-order valence-corrected chi connectivity index (χ1v) is 20.9. The van der Waals surface area contributed by atoms with Gasteiger partial charge in [-0.05, 0) is 47.0 Å². The highest BCUT2D eigenvalue weighted by atomic mass is 16.3. The van der Waals surface area contributed by atoms with E-state index in [9.17, 15) is 25.2 Å². The van der Waals surface area contributed by atoms with Gasteiger partial charge in [0.1, 0.15) is 23.0 Å². The third-order valence-electron chi connectivity index (χ3n) is 13.6. The molecule has 0 spiro atoms. The van der Waals surface area contributed by atoms with Crippen LogP contribution in [0.15, 0.2) is 151 Å². The molecular weight excluding hydrogens is 769 g/mol. The van der Waals surface area contributed by atoms with E-state index in [1.807, 2.05) is 113 Å². The Morgan fingerprint density at radius 3 is 1.82 bits per heavy atom. The number of ketones is 1. The maximum absolute atomic E-state index is 14.7. The maximum atomic E-state index is 14.7. The molecule has 1 aliphatic carbocycles. The summed E-state index contributed by atoms with van der Waals surface area (Å²) in [7, 11) is 0. The summed E-state index contributed by atoms with van der Waals surface area (Å²) in [6, 6.07) is 47.8. The first kappa shape index (κ1) is 37.4. The number of anilines is 3. The van der Waals surface area contributed by atoms with Crippen molar-refractivity contribution in [2.45, 2.75) is 45.4 Å². The van der Waals surface area contributed by atoms with E-state index in [0.717, 1.165) is 55.4 Å². The molecule has 3 aliphatic rings. The van der Waals surface area contributed by atoms with E-state index in [0.29, 0.717) is 27.7 Å². The summed E-state index contributed by atoms with van der Waals surface area (Å²) in [6.45, 7) is 9.89. The van der Waals surface area contributed by atoms with Crippen molar-refractivity contribution >= 4 is 66.9 Å². The molecule has 8 aromatic carbocycles. The third kappa shape index (κ3) is 4.87. The number of benzene rings is 8. The first-order valence-electron chi connectivity index (χ1n) is 20.9. The number of hydrogen-bond acceptors (Lipinski definition) is 6. The monoisotopic (exact) mass is 811 g/mol. The molecular formula is C55H43N2O5+. The summed E-state index contributed by atoms with van der Waals surface area (Å²) in [4.78, 5) is 16.8. The van der Waals surface area contributed by atoms with E-state index in [4.69, 9.17) is 0 Å². The average molecular weight is 812 g/mol. The van der Waals surface area contributed by atoms with Gasteiger partial charge in [0.05, 0.1) is 44.9 Å². The Morgan fingerprint density at radius 2 is 1.08 bits per heavy atom. The molecule has 0 aromatic heterocycles. The van der Waals surface area contributed by atoms with Crippen molar-refractivity contribution in [1.82, 2.24) is 4.58 Å². The fourth-order valence-corrected chi connectivity index (χ4v) is 10.7. The van der Waals surface area contributed by atoms with Crippen molar-refractivity contribution in [3.8, 4) is 23.0 Å². The van der Waals surface area contributed by atoms with Gasteiger partial charge in [0.2, 0.25) is 16.7 Å². The van der Waals surface area contributed by atoms with Gasteiger partial charge in [-0.25, -0.2) is 0 Å². The van der Waals surface area contributed by atoms with Crippen LogP contribution in [-0.2, 0) is 15.6 Å². The molecule has 11 rings (SSSR count). The zero-order valence-electron chi connectivity index (χ0n) is 34.9. The summed E-state index contributed by atoms with van der Waals surface area (Å²) >= 11 is 0. The number of rotatable bonds is 3. The third-order valence-corrected chi connectivity index (χ3v) is 13.6. The van der Waals surface area contributed by atoms with Crippen molar-refractivity contribution < 1.29 is 25.2 Å². The number of para-hydroxylation sites is 2. The molecule has 2 aliphatic heterocycles. The van der Waals surface area contributed by atoms with Crippen molar-refractivity contribution in [3.05, 3.63) is 190 Å². The Labute approximate surface area is 358 Å². The first-order chi connectivity index (χ1) is 29.8. The molecule has 0 bridgehead atoms. The van der Waals surface area contributed by atoms with Gasteiger partial charge in [-0.1, -0.05) is 131 Å². The zero-order chi connectivity index (χ0) is 43.0. The van der Waals surface area contributed by atoms with E-state index in [2.05, 4.69) is 58.0 Å². The van der Waals surface area contributed by atoms with Crippen LogP contribution in [-0.4, -0.2) is 26.2 Å². The lowest BCUT2D eigenvalue weighted by molar-refractivity contribution is -0.109. The molecule has 8 aromatic rings. The summed E-state index contributed by atoms with van der Waals surface area (Å²) in [5.41, 5.74) is 6.47. The predicted molar refractivity (Wildman–Crippen MR) is 247 cm³/mol. The lowest BCUT2D eigenvalue weighted by Crippen LogP contribution is -2.41. The summed E-state index contributed by atoms with van der Waals surface area (Å²) < 4.78 is 2.08. The van der Waals surface area contributed by atoms with Crippen molar-refractivity contribution in [3.63, 3.8) is 0 Å². The molecule has 4 N–H and O–H groups in total. The topological polar surface area (TPSA) is 104 Å². The Hall–Kier alpha value is -7.64. The van der Waals surface area contributed by atoms with Crippen LogP contribution in [0, 0.1) is 0 Å². The molecule has 7 heteroatoms. The number of Topliss-reactive ketones (excluding diaryl/α,β-unsaturated/α-hetero) is 1. The number of phenols is 4. The smallest absolute Gasteiger partial charge is 0.223 e. The lowest BCUT2D eigenvalue weighted by Gasteiger charge is -2.43. The van der Waals surface area contributed by atoms with E-state index in [1.54, 1.807) is 19.1 Å². The van der Waals surface area contributed by atoms with Crippen molar-refractivity contribution in [1.29, 1.82) is 0 Å². The van der Waals surface area contributed by atoms with Crippen LogP contribution in [0.2, 0.25) is 0 Å². The maximum Gasteiger partial charge on any atom is 0.223 e. The van der Waals surface area contributed by atoms with Crippen LogP contribution in [0.25, 0.3) is 32.7 Å². The Balaban J connectivity index is 1.16. The molecule has 0 atom stereocenters. The van der Waals surface area contributed by atoms with E-state index >= 15 is 0 Å². The minimum absolute atomic E-state index is 0.0219. The molecule has 0 saturated carbocycles. The molecule has 62 heavy (non-hydrogen) atoms. The normalized spacial score (nSPS) is 16.8. The number of phenolic OH excluding ortho intramolecular Hbond substituents is 4. The lowest BCUT2D eigenvalue weighted by atomic mass is 9.69. The average Bonchev–Trinajstić information content (AvgIpc) is 3.26. The summed E-state index contributed by atoms with van der Waals surface area (Å²) in [5.74, 6) is -1.42. The van der Waals surface area contributed by atoms with Gasteiger partial charge >= 0.3 is 0 Å². The quantitative estimate of drug-likeness (QED) is 0.133. The number of fused-ring (bicyclic) bond motifs is 6. The number of aromatic hydroxyl groups is 4. The highest BCUT2D eigenvalue weighted by molar-refractivity contribution is 6.53. The van der Waals surface area contributed by atoms with Crippen LogP contribution in [0.3, 0.4) is 0 Å². The van der Waals surface area contributed by atoms with Gasteiger partial charge in [0, 0.05) is 56.7 Å². The highest BCUT2D eigenvalue weighted by Gasteiger charge is 2.46. The second-order valence-corrected chi connectivity index (χ2v) is 17.7. The minimum atomic E-state index is -0.750. The van der Waals surface area contributed by atoms with Gasteiger partial charge in [-0.15, -0.1) is 0 Å². The molecule has 0 amide bonds. The van der Waals surface area contributed by atoms with E-state index in [-0.39, 0.29) is 44.9 Å². The van der Waals surface area contributed by atoms with Gasteiger partial charge in [0.25, 0.3) is 0 Å². The Kier molecular flexibility index (Phi) is 7.79. The number of carbonyl (C=O) groups excluding carboxylic acids is 1. The standard InChI is InChI=1S/C55H42N2O5/c1-30-45(47-43(58)28-41-49(52(47)61)54(2,3)35-22-10-12-24-39(35)56(41)37-26-14-18-31-16-6-8-20-33(31)37)51(60)46(30)48-44(59)29-42-50(53(48)62)55(4,5)36-23-11-13-25-40(36)57(42)38-27-15-19-32-17-7-9-21-34(32)38/h6-29H,1-5H3,(H3,58,59,61,62)/p+1. The van der Waals surface area contributed by atoms with E-state index < -0.39 is 16.6 Å². The number of allylic oxidation sites excluding steroid dienone is 2. The largest absolute Gasteiger partial charge is 0.507 e. The fraction of sp³-hybridized carbons (Fsp3) is 0.127. The number of carbonyl (C=O) groups is 1. The van der Waals surface area contributed by atoms with Gasteiger partial charge in [-0.2, -0.15) is 4.58 Å². The molecule has 0 saturated heterocycles. The molecule has 0 radical (unpaired) electrons. The van der Waals surface area contributed by atoms with Gasteiger partial charge in [0.15, 0.2) is 5.78 Å². The minimum Gasteiger partial charge on any atom is -0.507 e. The predicted octanol–water partition coefficient (Wildman–Crippen LogP) is 10.9. The van der Waals surface area contributed by atoms with Crippen molar-refractivity contribution in [2.24, 2.45) is 0 Å². The highest BCUT2D eigenvalue weighted by Crippen LogP contribution is 2.59. The van der Waals surface area contributed by atoms with Crippen LogP contribution in [0.4, 0.5) is 28.4 Å². The van der Waals surface area contributed by atoms with Crippen LogP contribution >= 0.6 is 0 Å². The van der Waals surface area contributed by atoms with Crippen LogP contribution in [0.1, 0.15) is 62.4 Å². The molecule has 302 valence electrons. The fourth-order valence-electron chi connectivity index (χ4n) is 10.7. The molecule has 0 fully saturated rings. The molecule has 0 unspecified atom stereocenters. The second-order valence-electron chi connectivity index (χ2n) is 17.7. The summed E-state index contributed by atoms with van der Waals surface area (Å²) in [5, 5.41) is 53.8.